The van der Waals surface area contributed by atoms with E-state index in [1.807, 2.05) is 17.4 Å². The number of nitrogens with zero attached hydrogens (tertiary/aromatic N) is 1. The lowest BCUT2D eigenvalue weighted by Crippen LogP contribution is -2.10. The van der Waals surface area contributed by atoms with Crippen LogP contribution in [0.4, 0.5) is 17.1 Å². The molecule has 0 saturated carbocycles. The van der Waals surface area contributed by atoms with E-state index in [1.165, 1.54) is 64.3 Å². The van der Waals surface area contributed by atoms with Crippen molar-refractivity contribution in [2.75, 3.05) is 4.90 Å². The van der Waals surface area contributed by atoms with Gasteiger partial charge in [-0.3, -0.25) is 0 Å². The minimum atomic E-state index is 0.912. The second kappa shape index (κ2) is 12.9. The predicted molar refractivity (Wildman–Crippen MR) is 235 cm³/mol. The highest BCUT2D eigenvalue weighted by Crippen LogP contribution is 2.44. The Morgan fingerprint density at radius 1 is 0.364 bits per heavy atom. The van der Waals surface area contributed by atoms with Crippen molar-refractivity contribution in [3.63, 3.8) is 0 Å². The number of rotatable bonds is 6. The third kappa shape index (κ3) is 5.32. The lowest BCUT2D eigenvalue weighted by atomic mass is 9.91. The van der Waals surface area contributed by atoms with E-state index in [0.717, 1.165) is 39.0 Å². The first kappa shape index (κ1) is 31.6. The van der Waals surface area contributed by atoms with E-state index in [4.69, 9.17) is 4.42 Å². The van der Waals surface area contributed by atoms with Crippen molar-refractivity contribution in [1.82, 2.24) is 0 Å². The zero-order valence-electron chi connectivity index (χ0n) is 29.8. The molecule has 0 radical (unpaired) electrons. The first-order chi connectivity index (χ1) is 27.3. The molecular formula is C52H33NOS. The number of thiophene rings is 1. The molecule has 0 saturated heterocycles. The van der Waals surface area contributed by atoms with E-state index in [9.17, 15) is 0 Å². The summed E-state index contributed by atoms with van der Waals surface area (Å²) in [7, 11) is 0. The Hall–Kier alpha value is -6.94. The molecule has 0 atom stereocenters. The molecule has 2 nitrogen and oxygen atoms in total. The zero-order chi connectivity index (χ0) is 36.3. The molecule has 0 aliphatic carbocycles. The standard InChI is InChI=1S/C52H33NOS/c1-3-12-34(13-4-1)46-33-40(29-30-41(46)37-23-22-36-26-31-49-51(47(36)32-37)45-17-7-9-20-48(45)54-49)53(38-14-5-2-6-15-38)39-27-24-35(25-28-39)42-18-11-19-44-43-16-8-10-21-50(43)55-52(42)44/h1-33H. The first-order valence-electron chi connectivity index (χ1n) is 18.7. The topological polar surface area (TPSA) is 16.4 Å². The summed E-state index contributed by atoms with van der Waals surface area (Å²) in [5.41, 5.74) is 12.3. The summed E-state index contributed by atoms with van der Waals surface area (Å²) < 4.78 is 8.93. The molecular weight excluding hydrogens is 687 g/mol. The number of furan rings is 1. The summed E-state index contributed by atoms with van der Waals surface area (Å²) in [5, 5.41) is 7.33. The van der Waals surface area contributed by atoms with Crippen LogP contribution in [0.5, 0.6) is 0 Å². The molecule has 0 amide bonds. The van der Waals surface area contributed by atoms with Gasteiger partial charge in [-0.25, -0.2) is 0 Å². The van der Waals surface area contributed by atoms with E-state index >= 15 is 0 Å². The minimum absolute atomic E-state index is 0.912. The molecule has 55 heavy (non-hydrogen) atoms. The fourth-order valence-corrected chi connectivity index (χ4v) is 9.52. The summed E-state index contributed by atoms with van der Waals surface area (Å²) in [6.45, 7) is 0. The van der Waals surface area contributed by atoms with Gasteiger partial charge in [0, 0.05) is 48.0 Å². The summed E-state index contributed by atoms with van der Waals surface area (Å²) >= 11 is 1.87. The van der Waals surface area contributed by atoms with Crippen LogP contribution in [0.3, 0.4) is 0 Å². The Morgan fingerprint density at radius 3 is 1.87 bits per heavy atom. The molecule has 0 N–H and O–H groups in total. The Bertz CT molecular complexity index is 3190. The molecule has 11 rings (SSSR count). The SMILES string of the molecule is c1ccc(-c2cc(N(c3ccccc3)c3ccc(-c4cccc5c4sc4ccccc45)cc3)ccc2-c2ccc3ccc4oc5ccccc5c4c3c2)cc1. The van der Waals surface area contributed by atoms with E-state index in [2.05, 4.69) is 199 Å². The second-order valence-electron chi connectivity index (χ2n) is 14.1. The van der Waals surface area contributed by atoms with Crippen molar-refractivity contribution in [2.45, 2.75) is 0 Å². The number of hydrogen-bond donors (Lipinski definition) is 0. The maximum absolute atomic E-state index is 6.28. The van der Waals surface area contributed by atoms with E-state index in [-0.39, 0.29) is 0 Å². The average Bonchev–Trinajstić information content (AvgIpc) is 3.84. The zero-order valence-corrected chi connectivity index (χ0v) is 30.6. The highest BCUT2D eigenvalue weighted by molar-refractivity contribution is 7.26. The average molecular weight is 720 g/mol. The monoisotopic (exact) mass is 719 g/mol. The summed E-state index contributed by atoms with van der Waals surface area (Å²) in [6.07, 6.45) is 0. The van der Waals surface area contributed by atoms with Crippen LogP contribution in [0.25, 0.3) is 86.3 Å². The number of para-hydroxylation sites is 2. The van der Waals surface area contributed by atoms with Crippen LogP contribution in [-0.4, -0.2) is 0 Å². The van der Waals surface area contributed by atoms with Gasteiger partial charge < -0.3 is 9.32 Å². The van der Waals surface area contributed by atoms with E-state index in [0.29, 0.717) is 0 Å². The molecule has 11 aromatic rings. The molecule has 0 fully saturated rings. The van der Waals surface area contributed by atoms with Crippen molar-refractivity contribution in [1.29, 1.82) is 0 Å². The van der Waals surface area contributed by atoms with Gasteiger partial charge in [0.1, 0.15) is 11.2 Å². The Balaban J connectivity index is 1.06. The van der Waals surface area contributed by atoms with Gasteiger partial charge in [0.25, 0.3) is 0 Å². The van der Waals surface area contributed by atoms with Crippen LogP contribution in [0.15, 0.2) is 205 Å². The third-order valence-electron chi connectivity index (χ3n) is 10.9. The highest BCUT2D eigenvalue weighted by atomic mass is 32.1. The predicted octanol–water partition coefficient (Wildman–Crippen LogP) is 15.6. The van der Waals surface area contributed by atoms with Crippen LogP contribution >= 0.6 is 11.3 Å². The van der Waals surface area contributed by atoms with Crippen LogP contribution in [0.1, 0.15) is 0 Å². The minimum Gasteiger partial charge on any atom is -0.456 e. The maximum Gasteiger partial charge on any atom is 0.136 e. The molecule has 0 spiro atoms. The second-order valence-corrected chi connectivity index (χ2v) is 15.1. The van der Waals surface area contributed by atoms with Crippen molar-refractivity contribution in [3.8, 4) is 33.4 Å². The number of anilines is 3. The lowest BCUT2D eigenvalue weighted by Gasteiger charge is -2.27. The normalized spacial score (nSPS) is 11.6. The third-order valence-corrected chi connectivity index (χ3v) is 12.1. The van der Waals surface area contributed by atoms with E-state index in [1.54, 1.807) is 0 Å². The molecule has 258 valence electrons. The fourth-order valence-electron chi connectivity index (χ4n) is 8.28. The Morgan fingerprint density at radius 2 is 1.02 bits per heavy atom. The van der Waals surface area contributed by atoms with Crippen LogP contribution in [0, 0.1) is 0 Å². The van der Waals surface area contributed by atoms with Gasteiger partial charge in [0.05, 0.1) is 0 Å². The number of fused-ring (bicyclic) bond motifs is 8. The van der Waals surface area contributed by atoms with Crippen LogP contribution in [0.2, 0.25) is 0 Å². The van der Waals surface area contributed by atoms with Gasteiger partial charge in [-0.05, 0) is 105 Å². The van der Waals surface area contributed by atoms with Gasteiger partial charge in [-0.2, -0.15) is 0 Å². The molecule has 0 aliphatic rings. The molecule has 3 heteroatoms. The van der Waals surface area contributed by atoms with Gasteiger partial charge in [0.15, 0.2) is 0 Å². The fraction of sp³-hybridized carbons (Fsp3) is 0. The first-order valence-corrected chi connectivity index (χ1v) is 19.5. The summed E-state index contributed by atoms with van der Waals surface area (Å²) in [5.74, 6) is 0. The molecule has 0 unspecified atom stereocenters. The smallest absolute Gasteiger partial charge is 0.136 e. The molecule has 9 aromatic carbocycles. The Labute approximate surface area is 322 Å². The maximum atomic E-state index is 6.28. The molecule has 2 aromatic heterocycles. The summed E-state index contributed by atoms with van der Waals surface area (Å²) in [6, 6.07) is 72.2. The van der Waals surface area contributed by atoms with Crippen molar-refractivity contribution in [2.24, 2.45) is 0 Å². The van der Waals surface area contributed by atoms with Gasteiger partial charge in [0.2, 0.25) is 0 Å². The van der Waals surface area contributed by atoms with Crippen molar-refractivity contribution < 1.29 is 4.42 Å². The van der Waals surface area contributed by atoms with Crippen LogP contribution < -0.4 is 4.90 Å². The van der Waals surface area contributed by atoms with Crippen LogP contribution in [-0.2, 0) is 0 Å². The molecule has 0 aliphatic heterocycles. The highest BCUT2D eigenvalue weighted by Gasteiger charge is 2.18. The number of hydrogen-bond acceptors (Lipinski definition) is 3. The lowest BCUT2D eigenvalue weighted by molar-refractivity contribution is 0.669. The van der Waals surface area contributed by atoms with Crippen molar-refractivity contribution in [3.05, 3.63) is 200 Å². The Kier molecular flexibility index (Phi) is 7.39. The quantitative estimate of drug-likeness (QED) is 0.170. The van der Waals surface area contributed by atoms with Gasteiger partial charge in [-0.1, -0.05) is 140 Å². The number of benzene rings is 9. The largest absolute Gasteiger partial charge is 0.456 e. The molecule has 0 bridgehead atoms. The van der Waals surface area contributed by atoms with Gasteiger partial charge >= 0.3 is 0 Å². The van der Waals surface area contributed by atoms with E-state index < -0.39 is 0 Å². The van der Waals surface area contributed by atoms with Gasteiger partial charge in [-0.15, -0.1) is 11.3 Å². The summed E-state index contributed by atoms with van der Waals surface area (Å²) in [4.78, 5) is 2.36. The molecule has 2 heterocycles. The van der Waals surface area contributed by atoms with Crippen molar-refractivity contribution >= 4 is 81.3 Å².